The number of carbonyl (C=O) groups is 1. The van der Waals surface area contributed by atoms with E-state index in [0.29, 0.717) is 18.0 Å². The van der Waals surface area contributed by atoms with Gasteiger partial charge in [0.05, 0.1) is 17.5 Å². The number of hydrogen-bond acceptors (Lipinski definition) is 5. The first kappa shape index (κ1) is 17.9. The van der Waals surface area contributed by atoms with Crippen LogP contribution in [0.5, 0.6) is 5.75 Å². The minimum Gasteiger partial charge on any atom is -0.489 e. The van der Waals surface area contributed by atoms with Gasteiger partial charge in [-0.25, -0.2) is 8.42 Å². The van der Waals surface area contributed by atoms with E-state index >= 15 is 0 Å². The lowest BCUT2D eigenvalue weighted by Crippen LogP contribution is -2.20. The zero-order valence-electron chi connectivity index (χ0n) is 14.2. The fourth-order valence-electron chi connectivity index (χ4n) is 3.02. The lowest BCUT2D eigenvalue weighted by molar-refractivity contribution is -0.116. The summed E-state index contributed by atoms with van der Waals surface area (Å²) in [6.07, 6.45) is 3.84. The van der Waals surface area contributed by atoms with Crippen LogP contribution >= 0.6 is 0 Å². The van der Waals surface area contributed by atoms with E-state index in [2.05, 4.69) is 5.32 Å². The second kappa shape index (κ2) is 7.58. The second-order valence-electron chi connectivity index (χ2n) is 6.62. The second-order valence-corrected chi connectivity index (χ2v) is 8.55. The van der Waals surface area contributed by atoms with Crippen LogP contribution in [0.25, 0.3) is 0 Å². The summed E-state index contributed by atoms with van der Waals surface area (Å²) in [6, 6.07) is 5.58. The van der Waals surface area contributed by atoms with E-state index in [0.717, 1.165) is 25.0 Å². The van der Waals surface area contributed by atoms with Crippen LogP contribution in [0.2, 0.25) is 0 Å². The highest BCUT2D eigenvalue weighted by Gasteiger charge is 2.24. The molecule has 1 aromatic rings. The van der Waals surface area contributed by atoms with Gasteiger partial charge in [0.2, 0.25) is 5.91 Å². The van der Waals surface area contributed by atoms with Gasteiger partial charge in [-0.3, -0.25) is 4.79 Å². The van der Waals surface area contributed by atoms with Crippen molar-refractivity contribution >= 4 is 21.4 Å². The Morgan fingerprint density at radius 3 is 2.92 bits per heavy atom. The van der Waals surface area contributed by atoms with E-state index in [9.17, 15) is 13.2 Å². The number of hydrogen-bond donors (Lipinski definition) is 1. The molecular formula is C18H23NO5S. The third-order valence-corrected chi connectivity index (χ3v) is 5.78. The average Bonchev–Trinajstić information content (AvgIpc) is 3.17. The molecule has 25 heavy (non-hydrogen) atoms. The molecule has 0 aliphatic carbocycles. The Balaban J connectivity index is 1.60. The predicted octanol–water partition coefficient (Wildman–Crippen LogP) is 2.44. The lowest BCUT2D eigenvalue weighted by atomic mass is 10.1. The van der Waals surface area contributed by atoms with Crippen LogP contribution in [-0.2, 0) is 19.4 Å². The Morgan fingerprint density at radius 2 is 2.24 bits per heavy atom. The molecule has 0 saturated carbocycles. The molecule has 1 saturated heterocycles. The van der Waals surface area contributed by atoms with E-state index in [1.54, 1.807) is 12.1 Å². The molecule has 2 aliphatic rings. The van der Waals surface area contributed by atoms with Gasteiger partial charge in [0.15, 0.2) is 9.84 Å². The fourth-order valence-corrected chi connectivity index (χ4v) is 4.42. The Morgan fingerprint density at radius 1 is 1.40 bits per heavy atom. The number of carbonyl (C=O) groups excluding carboxylic acids is 1. The number of amides is 1. The van der Waals surface area contributed by atoms with Gasteiger partial charge in [-0.2, -0.15) is 0 Å². The predicted molar refractivity (Wildman–Crippen MR) is 95.3 cm³/mol. The van der Waals surface area contributed by atoms with Gasteiger partial charge in [0, 0.05) is 24.4 Å². The normalized spacial score (nSPS) is 24.4. The molecule has 0 radical (unpaired) electrons. The molecule has 1 aromatic carbocycles. The molecule has 3 rings (SSSR count). The van der Waals surface area contributed by atoms with Crippen molar-refractivity contribution in [2.75, 3.05) is 24.3 Å². The standard InChI is InChI=1S/C18H23NO5S/c1-13-4-5-16(17(9-13)24-11-15-3-2-7-23-15)19-18(20)10-14-6-8-25(21,22)12-14/h4-6,8-9,14-15H,2-3,7,10-12H2,1H3,(H,19,20). The van der Waals surface area contributed by atoms with Crippen molar-refractivity contribution in [2.45, 2.75) is 32.3 Å². The summed E-state index contributed by atoms with van der Waals surface area (Å²) >= 11 is 0. The zero-order valence-corrected chi connectivity index (χ0v) is 15.1. The summed E-state index contributed by atoms with van der Waals surface area (Å²) in [5.74, 6) is 0.110. The summed E-state index contributed by atoms with van der Waals surface area (Å²) in [7, 11) is -3.14. The minimum atomic E-state index is -3.14. The first-order valence-electron chi connectivity index (χ1n) is 8.47. The third-order valence-electron chi connectivity index (χ3n) is 4.31. The molecule has 1 fully saturated rings. The van der Waals surface area contributed by atoms with E-state index in [-0.39, 0.29) is 30.1 Å². The van der Waals surface area contributed by atoms with Crippen molar-refractivity contribution in [3.63, 3.8) is 0 Å². The number of allylic oxidation sites excluding steroid dienone is 1. The summed E-state index contributed by atoms with van der Waals surface area (Å²) in [4.78, 5) is 12.3. The van der Waals surface area contributed by atoms with E-state index in [1.807, 2.05) is 19.1 Å². The van der Waals surface area contributed by atoms with Crippen molar-refractivity contribution in [3.05, 3.63) is 35.2 Å². The minimum absolute atomic E-state index is 0.00328. The van der Waals surface area contributed by atoms with Crippen molar-refractivity contribution in [2.24, 2.45) is 5.92 Å². The van der Waals surface area contributed by atoms with Crippen LogP contribution in [0.15, 0.2) is 29.7 Å². The molecule has 2 aliphatic heterocycles. The van der Waals surface area contributed by atoms with Gasteiger partial charge in [-0.05, 0) is 37.5 Å². The highest BCUT2D eigenvalue weighted by atomic mass is 32.2. The maximum absolute atomic E-state index is 12.3. The lowest BCUT2D eigenvalue weighted by Gasteiger charge is -2.16. The Hall–Kier alpha value is -1.86. The van der Waals surface area contributed by atoms with Crippen LogP contribution in [-0.4, -0.2) is 39.4 Å². The quantitative estimate of drug-likeness (QED) is 0.837. The number of ether oxygens (including phenoxy) is 2. The summed E-state index contributed by atoms with van der Waals surface area (Å²) in [5.41, 5.74) is 1.63. The SMILES string of the molecule is Cc1ccc(NC(=O)CC2C=CS(=O)(=O)C2)c(OCC2CCCO2)c1. The topological polar surface area (TPSA) is 81.7 Å². The molecule has 0 spiro atoms. The molecule has 0 bridgehead atoms. The molecule has 2 unspecified atom stereocenters. The zero-order chi connectivity index (χ0) is 17.9. The fraction of sp³-hybridized carbons (Fsp3) is 0.500. The van der Waals surface area contributed by atoms with Crippen molar-refractivity contribution in [3.8, 4) is 5.75 Å². The summed E-state index contributed by atoms with van der Waals surface area (Å²) in [5, 5.41) is 4.02. The average molecular weight is 365 g/mol. The first-order valence-corrected chi connectivity index (χ1v) is 10.2. The molecule has 2 heterocycles. The monoisotopic (exact) mass is 365 g/mol. The van der Waals surface area contributed by atoms with Gasteiger partial charge >= 0.3 is 0 Å². The summed E-state index contributed by atoms with van der Waals surface area (Å²) < 4.78 is 34.3. The highest BCUT2D eigenvalue weighted by molar-refractivity contribution is 7.94. The first-order chi connectivity index (χ1) is 11.9. The van der Waals surface area contributed by atoms with E-state index in [4.69, 9.17) is 9.47 Å². The molecular weight excluding hydrogens is 342 g/mol. The number of aryl methyl sites for hydroxylation is 1. The molecule has 1 N–H and O–H groups in total. The van der Waals surface area contributed by atoms with Gasteiger partial charge in [-0.1, -0.05) is 12.1 Å². The van der Waals surface area contributed by atoms with Gasteiger partial charge in [0.25, 0.3) is 0 Å². The molecule has 6 nitrogen and oxygen atoms in total. The Labute approximate surface area is 148 Å². The summed E-state index contributed by atoms with van der Waals surface area (Å²) in [6.45, 7) is 3.18. The van der Waals surface area contributed by atoms with Crippen LogP contribution in [0.3, 0.4) is 0 Å². The van der Waals surface area contributed by atoms with E-state index < -0.39 is 9.84 Å². The van der Waals surface area contributed by atoms with Gasteiger partial charge in [-0.15, -0.1) is 0 Å². The Kier molecular flexibility index (Phi) is 5.44. The van der Waals surface area contributed by atoms with Crippen LogP contribution < -0.4 is 10.1 Å². The van der Waals surface area contributed by atoms with Crippen LogP contribution in [0, 0.1) is 12.8 Å². The molecule has 2 atom stereocenters. The number of nitrogens with one attached hydrogen (secondary N) is 1. The molecule has 1 amide bonds. The number of sulfone groups is 1. The maximum atomic E-state index is 12.3. The Bertz CT molecular complexity index is 766. The number of benzene rings is 1. The van der Waals surface area contributed by atoms with Crippen molar-refractivity contribution in [1.29, 1.82) is 0 Å². The number of anilines is 1. The van der Waals surface area contributed by atoms with Crippen molar-refractivity contribution < 1.29 is 22.7 Å². The number of rotatable bonds is 6. The smallest absolute Gasteiger partial charge is 0.225 e. The molecule has 136 valence electrons. The largest absolute Gasteiger partial charge is 0.489 e. The third kappa shape index (κ3) is 5.06. The highest BCUT2D eigenvalue weighted by Crippen LogP contribution is 2.28. The van der Waals surface area contributed by atoms with Crippen LogP contribution in [0.1, 0.15) is 24.8 Å². The van der Waals surface area contributed by atoms with Gasteiger partial charge in [0.1, 0.15) is 12.4 Å². The van der Waals surface area contributed by atoms with Crippen molar-refractivity contribution in [1.82, 2.24) is 0 Å². The van der Waals surface area contributed by atoms with Gasteiger partial charge < -0.3 is 14.8 Å². The molecule has 0 aromatic heterocycles. The van der Waals surface area contributed by atoms with Crippen LogP contribution in [0.4, 0.5) is 5.69 Å². The maximum Gasteiger partial charge on any atom is 0.225 e. The molecule has 7 heteroatoms. The van der Waals surface area contributed by atoms with E-state index in [1.165, 1.54) is 5.41 Å².